The Hall–Kier alpha value is -1.10. The molecule has 1 heterocycles. The molecule has 1 aliphatic heterocycles. The standard InChI is InChI=1S/C13H20O5/c1-16-11(14)13(12(15)17-2)9-7-5-3-4-6-8-10(9)18-13/h9-10H,3-8H2,1-2H3/t9-,10+/m0/s1. The number of methoxy groups -OCH3 is 2. The van der Waals surface area contributed by atoms with E-state index in [1.54, 1.807) is 0 Å². The number of carbonyl (C=O) groups excluding carboxylic acids is 2. The summed E-state index contributed by atoms with van der Waals surface area (Å²) < 4.78 is 15.1. The Morgan fingerprint density at radius 3 is 2.11 bits per heavy atom. The van der Waals surface area contributed by atoms with Crippen LogP contribution in [0, 0.1) is 5.92 Å². The highest BCUT2D eigenvalue weighted by Crippen LogP contribution is 2.47. The Bertz CT molecular complexity index is 322. The van der Waals surface area contributed by atoms with Crippen LogP contribution in [-0.2, 0) is 23.8 Å². The molecule has 0 bridgehead atoms. The number of hydrogen-bond acceptors (Lipinski definition) is 5. The van der Waals surface area contributed by atoms with E-state index in [0.717, 1.165) is 32.1 Å². The van der Waals surface area contributed by atoms with Crippen LogP contribution in [0.1, 0.15) is 38.5 Å². The van der Waals surface area contributed by atoms with Crippen molar-refractivity contribution in [2.45, 2.75) is 50.2 Å². The zero-order valence-corrected chi connectivity index (χ0v) is 10.9. The van der Waals surface area contributed by atoms with Crippen molar-refractivity contribution in [3.8, 4) is 0 Å². The quantitative estimate of drug-likeness (QED) is 0.552. The first kappa shape index (κ1) is 13.3. The van der Waals surface area contributed by atoms with Gasteiger partial charge in [0.15, 0.2) is 0 Å². The lowest BCUT2D eigenvalue weighted by Crippen LogP contribution is -2.69. The number of fused-ring (bicyclic) bond motifs is 1. The highest BCUT2D eigenvalue weighted by atomic mass is 16.6. The van der Waals surface area contributed by atoms with Crippen LogP contribution in [-0.4, -0.2) is 37.9 Å². The molecule has 0 N–H and O–H groups in total. The molecular weight excluding hydrogens is 236 g/mol. The largest absolute Gasteiger partial charge is 0.466 e. The second-order valence-corrected chi connectivity index (χ2v) is 4.97. The Morgan fingerprint density at radius 2 is 1.56 bits per heavy atom. The molecule has 1 aliphatic carbocycles. The highest BCUT2D eigenvalue weighted by molar-refractivity contribution is 6.05. The topological polar surface area (TPSA) is 61.8 Å². The lowest BCUT2D eigenvalue weighted by atomic mass is 9.71. The van der Waals surface area contributed by atoms with Crippen LogP contribution in [0.3, 0.4) is 0 Å². The van der Waals surface area contributed by atoms with Gasteiger partial charge in [-0.2, -0.15) is 0 Å². The average Bonchev–Trinajstić information content (AvgIpc) is 2.36. The fourth-order valence-corrected chi connectivity index (χ4v) is 3.10. The summed E-state index contributed by atoms with van der Waals surface area (Å²) >= 11 is 0. The van der Waals surface area contributed by atoms with Crippen molar-refractivity contribution in [3.63, 3.8) is 0 Å². The van der Waals surface area contributed by atoms with Crippen LogP contribution in [0.2, 0.25) is 0 Å². The first-order chi connectivity index (χ1) is 8.66. The number of hydrogen-bond donors (Lipinski definition) is 0. The summed E-state index contributed by atoms with van der Waals surface area (Å²) in [5.41, 5.74) is -1.51. The molecule has 1 saturated carbocycles. The van der Waals surface area contributed by atoms with Gasteiger partial charge in [0.2, 0.25) is 0 Å². The van der Waals surface area contributed by atoms with Gasteiger partial charge < -0.3 is 14.2 Å². The molecule has 0 aromatic carbocycles. The number of carbonyl (C=O) groups is 2. The van der Waals surface area contributed by atoms with Gasteiger partial charge in [0, 0.05) is 5.92 Å². The molecule has 2 fully saturated rings. The zero-order chi connectivity index (χ0) is 13.2. The van der Waals surface area contributed by atoms with E-state index in [1.165, 1.54) is 20.6 Å². The Morgan fingerprint density at radius 1 is 1.00 bits per heavy atom. The molecule has 0 spiro atoms. The third-order valence-corrected chi connectivity index (χ3v) is 4.04. The van der Waals surface area contributed by atoms with Crippen LogP contribution in [0.5, 0.6) is 0 Å². The van der Waals surface area contributed by atoms with Gasteiger partial charge in [0.25, 0.3) is 5.60 Å². The molecular formula is C13H20O5. The molecule has 0 radical (unpaired) electrons. The van der Waals surface area contributed by atoms with E-state index >= 15 is 0 Å². The summed E-state index contributed by atoms with van der Waals surface area (Å²) in [6.45, 7) is 0. The predicted octanol–water partition coefficient (Wildman–Crippen LogP) is 1.44. The minimum atomic E-state index is -1.51. The Kier molecular flexibility index (Phi) is 3.90. The zero-order valence-electron chi connectivity index (χ0n) is 10.9. The maximum Gasteiger partial charge on any atom is 0.350 e. The summed E-state index contributed by atoms with van der Waals surface area (Å²) in [6.07, 6.45) is 6.13. The maximum atomic E-state index is 11.9. The average molecular weight is 256 g/mol. The third kappa shape index (κ3) is 1.90. The van der Waals surface area contributed by atoms with Crippen LogP contribution in [0.15, 0.2) is 0 Å². The molecule has 0 amide bonds. The predicted molar refractivity (Wildman–Crippen MR) is 62.8 cm³/mol. The monoisotopic (exact) mass is 256 g/mol. The molecule has 0 aromatic heterocycles. The molecule has 1 saturated heterocycles. The maximum absolute atomic E-state index is 11.9. The van der Waals surface area contributed by atoms with E-state index in [1.807, 2.05) is 0 Å². The van der Waals surface area contributed by atoms with Crippen LogP contribution < -0.4 is 0 Å². The molecule has 102 valence electrons. The number of ether oxygens (including phenoxy) is 3. The summed E-state index contributed by atoms with van der Waals surface area (Å²) in [5, 5.41) is 0. The van der Waals surface area contributed by atoms with Crippen LogP contribution in [0.25, 0.3) is 0 Å². The van der Waals surface area contributed by atoms with Gasteiger partial charge in [0.1, 0.15) is 0 Å². The molecule has 18 heavy (non-hydrogen) atoms. The van der Waals surface area contributed by atoms with Gasteiger partial charge >= 0.3 is 11.9 Å². The second kappa shape index (κ2) is 5.26. The van der Waals surface area contributed by atoms with Crippen molar-refractivity contribution in [3.05, 3.63) is 0 Å². The number of esters is 2. The smallest absolute Gasteiger partial charge is 0.350 e. The lowest BCUT2D eigenvalue weighted by molar-refractivity contribution is -0.268. The van der Waals surface area contributed by atoms with Crippen molar-refractivity contribution >= 4 is 11.9 Å². The third-order valence-electron chi connectivity index (χ3n) is 4.04. The van der Waals surface area contributed by atoms with Crippen LogP contribution in [0.4, 0.5) is 0 Å². The van der Waals surface area contributed by atoms with E-state index in [4.69, 9.17) is 14.2 Å². The summed E-state index contributed by atoms with van der Waals surface area (Å²) in [5.74, 6) is -1.36. The van der Waals surface area contributed by atoms with Gasteiger partial charge in [-0.1, -0.05) is 25.7 Å². The molecule has 0 unspecified atom stereocenters. The first-order valence-electron chi connectivity index (χ1n) is 6.51. The van der Waals surface area contributed by atoms with Crippen molar-refractivity contribution in [1.29, 1.82) is 0 Å². The fourth-order valence-electron chi connectivity index (χ4n) is 3.10. The normalized spacial score (nSPS) is 30.1. The highest BCUT2D eigenvalue weighted by Gasteiger charge is 2.66. The fraction of sp³-hybridized carbons (Fsp3) is 0.846. The van der Waals surface area contributed by atoms with E-state index in [-0.39, 0.29) is 12.0 Å². The molecule has 5 heteroatoms. The summed E-state index contributed by atoms with van der Waals surface area (Å²) in [7, 11) is 2.54. The second-order valence-electron chi connectivity index (χ2n) is 4.97. The van der Waals surface area contributed by atoms with Gasteiger partial charge in [-0.25, -0.2) is 9.59 Å². The van der Waals surface area contributed by atoms with Crippen molar-refractivity contribution in [1.82, 2.24) is 0 Å². The van der Waals surface area contributed by atoms with E-state index in [2.05, 4.69) is 0 Å². The lowest BCUT2D eigenvalue weighted by Gasteiger charge is -2.51. The van der Waals surface area contributed by atoms with Gasteiger partial charge in [-0.15, -0.1) is 0 Å². The number of rotatable bonds is 2. The molecule has 0 aromatic rings. The summed E-state index contributed by atoms with van der Waals surface area (Å²) in [6, 6.07) is 0. The van der Waals surface area contributed by atoms with Crippen molar-refractivity contribution < 1.29 is 23.8 Å². The molecule has 5 nitrogen and oxygen atoms in total. The Balaban J connectivity index is 2.21. The molecule has 2 rings (SSSR count). The van der Waals surface area contributed by atoms with Gasteiger partial charge in [-0.3, -0.25) is 0 Å². The first-order valence-corrected chi connectivity index (χ1v) is 6.51. The van der Waals surface area contributed by atoms with Crippen LogP contribution >= 0.6 is 0 Å². The summed E-state index contributed by atoms with van der Waals surface area (Å²) in [4.78, 5) is 23.8. The molecule has 2 atom stereocenters. The van der Waals surface area contributed by atoms with Crippen molar-refractivity contribution in [2.24, 2.45) is 5.92 Å². The van der Waals surface area contributed by atoms with Gasteiger partial charge in [0.05, 0.1) is 20.3 Å². The van der Waals surface area contributed by atoms with Gasteiger partial charge in [-0.05, 0) is 12.8 Å². The molecule has 2 aliphatic rings. The minimum Gasteiger partial charge on any atom is -0.466 e. The van der Waals surface area contributed by atoms with E-state index in [0.29, 0.717) is 0 Å². The van der Waals surface area contributed by atoms with E-state index in [9.17, 15) is 9.59 Å². The van der Waals surface area contributed by atoms with E-state index < -0.39 is 17.5 Å². The Labute approximate surface area is 107 Å². The minimum absolute atomic E-state index is 0.0106. The SMILES string of the molecule is COC(=O)C1(C(=O)OC)O[C@@H]2CCCCCC[C@@H]21. The van der Waals surface area contributed by atoms with Crippen molar-refractivity contribution in [2.75, 3.05) is 14.2 Å².